The molecule has 1 heterocycles. The number of hydrogen-bond donors (Lipinski definition) is 1. The average Bonchev–Trinajstić information content (AvgIpc) is 2.71. The van der Waals surface area contributed by atoms with Gasteiger partial charge in [0.15, 0.2) is 0 Å². The van der Waals surface area contributed by atoms with E-state index in [4.69, 9.17) is 0 Å². The number of nitrogens with zero attached hydrogens (tertiary/aromatic N) is 1. The summed E-state index contributed by atoms with van der Waals surface area (Å²) in [5, 5.41) is 3.94. The second kappa shape index (κ2) is 5.38. The van der Waals surface area contributed by atoms with Crippen LogP contribution in [0.1, 0.15) is 11.9 Å². The molecule has 0 radical (unpaired) electrons. The fraction of sp³-hybridized carbons (Fsp3) is 0.385. The van der Waals surface area contributed by atoms with Gasteiger partial charge in [-0.15, -0.1) is 11.3 Å². The number of para-hydroxylation sites is 1. The molecule has 1 aromatic heterocycles. The van der Waals surface area contributed by atoms with Crippen molar-refractivity contribution in [3.63, 3.8) is 0 Å². The molecular weight excluding hydrogens is 232 g/mol. The summed E-state index contributed by atoms with van der Waals surface area (Å²) >= 11 is 1.61. The SMILES string of the molecule is CNCC(C)C(=O)Cc1nc2ccccc2s1. The zero-order valence-electron chi connectivity index (χ0n) is 10.1. The maximum Gasteiger partial charge on any atom is 0.143 e. The van der Waals surface area contributed by atoms with Crippen molar-refractivity contribution in [2.75, 3.05) is 13.6 Å². The Hall–Kier alpha value is -1.26. The number of hydrogen-bond acceptors (Lipinski definition) is 4. The third-order valence-electron chi connectivity index (χ3n) is 2.72. The Kier molecular flexibility index (Phi) is 3.86. The molecule has 0 spiro atoms. The van der Waals surface area contributed by atoms with Crippen molar-refractivity contribution in [1.29, 1.82) is 0 Å². The molecule has 0 aliphatic carbocycles. The minimum absolute atomic E-state index is 0.0482. The van der Waals surface area contributed by atoms with Gasteiger partial charge in [0.05, 0.1) is 16.6 Å². The van der Waals surface area contributed by atoms with E-state index in [0.717, 1.165) is 21.8 Å². The van der Waals surface area contributed by atoms with Crippen LogP contribution in [0.2, 0.25) is 0 Å². The third kappa shape index (κ3) is 2.90. The molecule has 1 aromatic carbocycles. The maximum atomic E-state index is 11.9. The van der Waals surface area contributed by atoms with E-state index in [1.54, 1.807) is 11.3 Å². The number of thiazole rings is 1. The predicted molar refractivity (Wildman–Crippen MR) is 71.4 cm³/mol. The summed E-state index contributed by atoms with van der Waals surface area (Å²) in [5.74, 6) is 0.297. The number of aromatic nitrogens is 1. The molecule has 17 heavy (non-hydrogen) atoms. The highest BCUT2D eigenvalue weighted by atomic mass is 32.1. The molecule has 1 N–H and O–H groups in total. The molecule has 0 aliphatic heterocycles. The first-order chi connectivity index (χ1) is 8.20. The zero-order chi connectivity index (χ0) is 12.3. The van der Waals surface area contributed by atoms with E-state index in [9.17, 15) is 4.79 Å². The lowest BCUT2D eigenvalue weighted by atomic mass is 10.0. The summed E-state index contributed by atoms with van der Waals surface area (Å²) in [6, 6.07) is 7.99. The minimum atomic E-state index is 0.0482. The Morgan fingerprint density at radius 3 is 2.94 bits per heavy atom. The van der Waals surface area contributed by atoms with Crippen LogP contribution in [0.25, 0.3) is 10.2 Å². The van der Waals surface area contributed by atoms with E-state index >= 15 is 0 Å². The Morgan fingerprint density at radius 2 is 2.24 bits per heavy atom. The average molecular weight is 248 g/mol. The monoisotopic (exact) mass is 248 g/mol. The van der Waals surface area contributed by atoms with Gasteiger partial charge in [0.1, 0.15) is 10.8 Å². The quantitative estimate of drug-likeness (QED) is 0.882. The zero-order valence-corrected chi connectivity index (χ0v) is 10.9. The second-order valence-corrected chi connectivity index (χ2v) is 5.29. The molecular formula is C13H16N2OS. The van der Waals surface area contributed by atoms with E-state index < -0.39 is 0 Å². The molecule has 2 aromatic rings. The standard InChI is InChI=1S/C13H16N2OS/c1-9(8-14-2)11(16)7-13-15-10-5-3-4-6-12(10)17-13/h3-6,9,14H,7-8H2,1-2H3. The lowest BCUT2D eigenvalue weighted by Gasteiger charge is -2.07. The van der Waals surface area contributed by atoms with Crippen molar-refractivity contribution in [3.8, 4) is 0 Å². The molecule has 0 saturated heterocycles. The molecule has 0 saturated carbocycles. The van der Waals surface area contributed by atoms with E-state index in [0.29, 0.717) is 6.42 Å². The minimum Gasteiger partial charge on any atom is -0.319 e. The molecule has 2 rings (SSSR count). The van der Waals surface area contributed by atoms with Gasteiger partial charge < -0.3 is 5.32 Å². The molecule has 90 valence electrons. The number of fused-ring (bicyclic) bond motifs is 1. The van der Waals surface area contributed by atoms with Crippen molar-refractivity contribution >= 4 is 27.3 Å². The predicted octanol–water partition coefficient (Wildman–Crippen LogP) is 2.26. The van der Waals surface area contributed by atoms with E-state index in [1.165, 1.54) is 0 Å². The number of benzene rings is 1. The van der Waals surface area contributed by atoms with Crippen molar-refractivity contribution in [1.82, 2.24) is 10.3 Å². The lowest BCUT2D eigenvalue weighted by molar-refractivity contribution is -0.121. The summed E-state index contributed by atoms with van der Waals surface area (Å²) in [7, 11) is 1.86. The van der Waals surface area contributed by atoms with Crippen molar-refractivity contribution in [2.45, 2.75) is 13.3 Å². The van der Waals surface area contributed by atoms with Gasteiger partial charge in [-0.05, 0) is 19.2 Å². The van der Waals surface area contributed by atoms with Gasteiger partial charge in [-0.25, -0.2) is 4.98 Å². The fourth-order valence-electron chi connectivity index (χ4n) is 1.74. The van der Waals surface area contributed by atoms with E-state index in [1.807, 2.05) is 38.2 Å². The van der Waals surface area contributed by atoms with Crippen LogP contribution in [-0.2, 0) is 11.2 Å². The van der Waals surface area contributed by atoms with E-state index in [2.05, 4.69) is 10.3 Å². The summed E-state index contributed by atoms with van der Waals surface area (Å²) < 4.78 is 1.15. The van der Waals surface area contributed by atoms with Gasteiger partial charge in [0, 0.05) is 12.5 Å². The highest BCUT2D eigenvalue weighted by molar-refractivity contribution is 7.18. The number of carbonyl (C=O) groups is 1. The van der Waals surface area contributed by atoms with Crippen LogP contribution in [0.15, 0.2) is 24.3 Å². The van der Waals surface area contributed by atoms with Gasteiger partial charge >= 0.3 is 0 Å². The second-order valence-electron chi connectivity index (χ2n) is 4.18. The summed E-state index contributed by atoms with van der Waals surface area (Å²) in [6.45, 7) is 2.68. The van der Waals surface area contributed by atoms with Crippen LogP contribution in [0.4, 0.5) is 0 Å². The molecule has 4 heteroatoms. The van der Waals surface area contributed by atoms with Gasteiger partial charge in [-0.2, -0.15) is 0 Å². The van der Waals surface area contributed by atoms with Gasteiger partial charge in [-0.3, -0.25) is 4.79 Å². The normalized spacial score (nSPS) is 12.8. The van der Waals surface area contributed by atoms with Gasteiger partial charge in [0.25, 0.3) is 0 Å². The molecule has 0 amide bonds. The van der Waals surface area contributed by atoms with Crippen molar-refractivity contribution in [2.24, 2.45) is 5.92 Å². The van der Waals surface area contributed by atoms with Crippen LogP contribution in [0, 0.1) is 5.92 Å². The Labute approximate surface area is 105 Å². The molecule has 1 unspecified atom stereocenters. The highest BCUT2D eigenvalue weighted by Crippen LogP contribution is 2.22. The summed E-state index contributed by atoms with van der Waals surface area (Å²) in [4.78, 5) is 16.4. The Bertz CT molecular complexity index is 488. The fourth-order valence-corrected chi connectivity index (χ4v) is 2.72. The number of ketones is 1. The molecule has 3 nitrogen and oxygen atoms in total. The van der Waals surface area contributed by atoms with Gasteiger partial charge in [-0.1, -0.05) is 19.1 Å². The largest absolute Gasteiger partial charge is 0.319 e. The molecule has 1 atom stereocenters. The van der Waals surface area contributed by atoms with E-state index in [-0.39, 0.29) is 11.7 Å². The number of rotatable bonds is 5. The van der Waals surface area contributed by atoms with Crippen LogP contribution in [0.3, 0.4) is 0 Å². The smallest absolute Gasteiger partial charge is 0.143 e. The lowest BCUT2D eigenvalue weighted by Crippen LogP contribution is -2.24. The van der Waals surface area contributed by atoms with Crippen molar-refractivity contribution < 1.29 is 4.79 Å². The molecule has 0 bridgehead atoms. The topological polar surface area (TPSA) is 42.0 Å². The molecule has 0 fully saturated rings. The maximum absolute atomic E-state index is 11.9. The Balaban J connectivity index is 2.10. The first-order valence-electron chi connectivity index (χ1n) is 5.72. The summed E-state index contributed by atoms with van der Waals surface area (Å²) in [5.41, 5.74) is 0.988. The van der Waals surface area contributed by atoms with Crippen LogP contribution in [0.5, 0.6) is 0 Å². The van der Waals surface area contributed by atoms with Crippen molar-refractivity contribution in [3.05, 3.63) is 29.3 Å². The van der Waals surface area contributed by atoms with Crippen LogP contribution >= 0.6 is 11.3 Å². The first kappa shape index (κ1) is 12.2. The Morgan fingerprint density at radius 1 is 1.47 bits per heavy atom. The third-order valence-corrected chi connectivity index (χ3v) is 3.76. The first-order valence-corrected chi connectivity index (χ1v) is 6.54. The number of carbonyl (C=O) groups excluding carboxylic acids is 1. The van der Waals surface area contributed by atoms with Gasteiger partial charge in [0.2, 0.25) is 0 Å². The molecule has 0 aliphatic rings. The number of nitrogens with one attached hydrogen (secondary N) is 1. The number of Topliss-reactive ketones (excluding diaryl/α,β-unsaturated/α-hetero) is 1. The highest BCUT2D eigenvalue weighted by Gasteiger charge is 2.14. The van der Waals surface area contributed by atoms with Crippen LogP contribution in [-0.4, -0.2) is 24.4 Å². The van der Waals surface area contributed by atoms with Crippen LogP contribution < -0.4 is 5.32 Å². The summed E-state index contributed by atoms with van der Waals surface area (Å²) in [6.07, 6.45) is 0.447.